The first-order valence-electron chi connectivity index (χ1n) is 8.61. The van der Waals surface area contributed by atoms with Gasteiger partial charge in [0.15, 0.2) is 8.32 Å². The smallest absolute Gasteiger partial charge is 0.192 e. The molecule has 1 saturated heterocycles. The fraction of sp³-hybridized carbons (Fsp3) is 0.722. The number of hydrogen-bond acceptors (Lipinski definition) is 5. The Kier molecular flexibility index (Phi) is 5.17. The molecular formula is C18H32N2O3Si. The summed E-state index contributed by atoms with van der Waals surface area (Å²) in [6.45, 7) is 14.7. The molecule has 1 aromatic rings. The number of nitrogen functional groups attached to an aromatic ring is 1. The van der Waals surface area contributed by atoms with Gasteiger partial charge in [0.1, 0.15) is 5.60 Å². The van der Waals surface area contributed by atoms with Gasteiger partial charge < -0.3 is 20.0 Å². The van der Waals surface area contributed by atoms with Crippen molar-refractivity contribution in [3.63, 3.8) is 0 Å². The molecule has 1 aromatic heterocycles. The molecule has 2 rings (SSSR count). The number of nitrogens with zero attached hydrogens (tertiary/aromatic N) is 1. The molecule has 0 amide bonds. The van der Waals surface area contributed by atoms with Crippen LogP contribution in [0, 0.1) is 0 Å². The van der Waals surface area contributed by atoms with Crippen molar-refractivity contribution >= 4 is 14.0 Å². The number of aliphatic hydroxyl groups is 1. The Morgan fingerprint density at radius 1 is 1.42 bits per heavy atom. The van der Waals surface area contributed by atoms with Gasteiger partial charge >= 0.3 is 0 Å². The molecule has 4 atom stereocenters. The fourth-order valence-electron chi connectivity index (χ4n) is 2.75. The van der Waals surface area contributed by atoms with Crippen molar-refractivity contribution < 1.29 is 14.3 Å². The number of pyridine rings is 1. The monoisotopic (exact) mass is 352 g/mol. The standard InChI is InChI=1S/C18H32N2O3Si/c1-12-18(5,21)16(23-24(6,7)17(2,3)4)10-15(22-12)13-8-9-20-11-14(13)19/h8-9,11-12,15-16,21H,10,19H2,1-7H3/t12-,15-,16-,18-/m1/s1. The van der Waals surface area contributed by atoms with Crippen LogP contribution in [0.2, 0.25) is 18.1 Å². The second-order valence-electron chi connectivity index (χ2n) is 8.60. The zero-order chi connectivity index (χ0) is 18.3. The molecule has 0 spiro atoms. The fourth-order valence-corrected chi connectivity index (χ4v) is 4.14. The molecule has 5 nitrogen and oxygen atoms in total. The zero-order valence-corrected chi connectivity index (χ0v) is 17.0. The van der Waals surface area contributed by atoms with Crippen LogP contribution < -0.4 is 5.73 Å². The van der Waals surface area contributed by atoms with Gasteiger partial charge in [-0.05, 0) is 38.0 Å². The first-order chi connectivity index (χ1) is 10.9. The largest absolute Gasteiger partial charge is 0.411 e. The predicted molar refractivity (Wildman–Crippen MR) is 99.2 cm³/mol. The maximum atomic E-state index is 11.0. The average Bonchev–Trinajstić information content (AvgIpc) is 2.43. The van der Waals surface area contributed by atoms with E-state index >= 15 is 0 Å². The van der Waals surface area contributed by atoms with Crippen LogP contribution in [-0.4, -0.2) is 36.2 Å². The van der Waals surface area contributed by atoms with E-state index in [1.807, 2.05) is 19.9 Å². The Balaban J connectivity index is 2.30. The van der Waals surface area contributed by atoms with Crippen molar-refractivity contribution in [2.24, 2.45) is 0 Å². The maximum absolute atomic E-state index is 11.0. The number of rotatable bonds is 3. The highest BCUT2D eigenvalue weighted by atomic mass is 28.4. The van der Waals surface area contributed by atoms with E-state index in [2.05, 4.69) is 38.8 Å². The van der Waals surface area contributed by atoms with Crippen molar-refractivity contribution in [3.8, 4) is 0 Å². The Hall–Kier alpha value is -0.953. The topological polar surface area (TPSA) is 77.6 Å². The molecule has 1 aliphatic rings. The SMILES string of the molecule is C[C@H]1O[C@@H](c2ccncc2N)C[C@@H](O[Si](C)(C)C(C)(C)C)[C@]1(C)O. The van der Waals surface area contributed by atoms with Crippen molar-refractivity contribution in [1.29, 1.82) is 0 Å². The molecule has 0 saturated carbocycles. The first kappa shape index (κ1) is 19.4. The van der Waals surface area contributed by atoms with E-state index < -0.39 is 13.9 Å². The molecule has 24 heavy (non-hydrogen) atoms. The van der Waals surface area contributed by atoms with E-state index in [1.165, 1.54) is 0 Å². The summed E-state index contributed by atoms with van der Waals surface area (Å²) in [5, 5.41) is 11.1. The van der Waals surface area contributed by atoms with Gasteiger partial charge in [0.25, 0.3) is 0 Å². The summed E-state index contributed by atoms with van der Waals surface area (Å²) in [5.41, 5.74) is 6.56. The highest BCUT2D eigenvalue weighted by Crippen LogP contribution is 2.44. The second-order valence-corrected chi connectivity index (χ2v) is 13.4. The normalized spacial score (nSPS) is 31.9. The summed E-state index contributed by atoms with van der Waals surface area (Å²) in [6, 6.07) is 1.89. The van der Waals surface area contributed by atoms with Crippen LogP contribution in [0.1, 0.15) is 52.7 Å². The molecule has 1 fully saturated rings. The van der Waals surface area contributed by atoms with Gasteiger partial charge in [-0.25, -0.2) is 0 Å². The summed E-state index contributed by atoms with van der Waals surface area (Å²) in [4.78, 5) is 4.04. The quantitative estimate of drug-likeness (QED) is 0.812. The molecule has 3 N–H and O–H groups in total. The van der Waals surface area contributed by atoms with Gasteiger partial charge in [-0.1, -0.05) is 20.8 Å². The summed E-state index contributed by atoms with van der Waals surface area (Å²) in [6.07, 6.45) is 3.10. The number of aromatic nitrogens is 1. The van der Waals surface area contributed by atoms with Crippen LogP contribution in [0.25, 0.3) is 0 Å². The highest BCUT2D eigenvalue weighted by Gasteiger charge is 2.50. The van der Waals surface area contributed by atoms with Gasteiger partial charge in [-0.2, -0.15) is 0 Å². The van der Waals surface area contributed by atoms with E-state index in [0.717, 1.165) is 5.56 Å². The van der Waals surface area contributed by atoms with Crippen LogP contribution in [0.4, 0.5) is 5.69 Å². The molecule has 0 aromatic carbocycles. The van der Waals surface area contributed by atoms with E-state index in [9.17, 15) is 5.11 Å². The van der Waals surface area contributed by atoms with Crippen LogP contribution in [0.5, 0.6) is 0 Å². The van der Waals surface area contributed by atoms with Gasteiger partial charge in [0.2, 0.25) is 0 Å². The summed E-state index contributed by atoms with van der Waals surface area (Å²) in [7, 11) is -2.01. The van der Waals surface area contributed by atoms with Crippen molar-refractivity contribution in [3.05, 3.63) is 24.0 Å². The van der Waals surface area contributed by atoms with E-state index in [0.29, 0.717) is 12.1 Å². The summed E-state index contributed by atoms with van der Waals surface area (Å²) < 4.78 is 12.6. The minimum absolute atomic E-state index is 0.0792. The molecule has 0 aliphatic carbocycles. The third kappa shape index (κ3) is 3.66. The lowest BCUT2D eigenvalue weighted by Gasteiger charge is -2.49. The van der Waals surface area contributed by atoms with Crippen molar-refractivity contribution in [2.45, 2.75) is 83.1 Å². The highest BCUT2D eigenvalue weighted by molar-refractivity contribution is 6.74. The molecule has 0 radical (unpaired) electrons. The molecule has 136 valence electrons. The number of nitrogens with two attached hydrogens (primary N) is 1. The number of anilines is 1. The Morgan fingerprint density at radius 3 is 2.58 bits per heavy atom. The summed E-state index contributed by atoms with van der Waals surface area (Å²) in [5.74, 6) is 0. The van der Waals surface area contributed by atoms with Crippen molar-refractivity contribution in [1.82, 2.24) is 4.98 Å². The molecule has 2 heterocycles. The Morgan fingerprint density at radius 2 is 2.04 bits per heavy atom. The van der Waals surface area contributed by atoms with Crippen molar-refractivity contribution in [2.75, 3.05) is 5.73 Å². The molecule has 1 aliphatic heterocycles. The third-order valence-corrected chi connectivity index (χ3v) is 10.2. The predicted octanol–water partition coefficient (Wildman–Crippen LogP) is 3.66. The summed E-state index contributed by atoms with van der Waals surface area (Å²) >= 11 is 0. The lowest BCUT2D eigenvalue weighted by molar-refractivity contribution is -0.211. The lowest BCUT2D eigenvalue weighted by Crippen LogP contribution is -2.59. The van der Waals surface area contributed by atoms with Gasteiger partial charge in [-0.15, -0.1) is 0 Å². The number of hydrogen-bond donors (Lipinski definition) is 2. The molecular weight excluding hydrogens is 320 g/mol. The Labute approximate surface area is 146 Å². The molecule has 0 unspecified atom stereocenters. The van der Waals surface area contributed by atoms with E-state index in [4.69, 9.17) is 14.9 Å². The van der Waals surface area contributed by atoms with E-state index in [-0.39, 0.29) is 23.4 Å². The molecule has 6 heteroatoms. The maximum Gasteiger partial charge on any atom is 0.192 e. The van der Waals surface area contributed by atoms with Crippen LogP contribution in [-0.2, 0) is 9.16 Å². The van der Waals surface area contributed by atoms with Crippen LogP contribution in [0.3, 0.4) is 0 Å². The third-order valence-electron chi connectivity index (χ3n) is 5.75. The van der Waals surface area contributed by atoms with Crippen LogP contribution >= 0.6 is 0 Å². The second kappa shape index (κ2) is 6.41. The zero-order valence-electron chi connectivity index (χ0n) is 16.0. The van der Waals surface area contributed by atoms with Gasteiger partial charge in [0, 0.05) is 18.2 Å². The minimum Gasteiger partial charge on any atom is -0.411 e. The average molecular weight is 353 g/mol. The lowest BCUT2D eigenvalue weighted by atomic mass is 9.84. The van der Waals surface area contributed by atoms with Crippen LogP contribution in [0.15, 0.2) is 18.5 Å². The number of ether oxygens (including phenoxy) is 1. The first-order valence-corrected chi connectivity index (χ1v) is 11.5. The van der Waals surface area contributed by atoms with Gasteiger partial charge in [-0.3, -0.25) is 4.98 Å². The Bertz CT molecular complexity index is 584. The molecule has 0 bridgehead atoms. The van der Waals surface area contributed by atoms with E-state index in [1.54, 1.807) is 12.4 Å². The minimum atomic E-state index is -2.01. The van der Waals surface area contributed by atoms with Gasteiger partial charge in [0.05, 0.1) is 30.2 Å².